The third kappa shape index (κ3) is 2.67. The molecule has 1 aromatic rings. The maximum Gasteiger partial charge on any atom is 0.303 e. The monoisotopic (exact) mass is 251 g/mol. The Bertz CT molecular complexity index is 487. The summed E-state index contributed by atoms with van der Waals surface area (Å²) < 4.78 is 13.6. The van der Waals surface area contributed by atoms with Crippen LogP contribution in [0.2, 0.25) is 0 Å². The standard InChI is InChI=1S/C13H14FNO3/c14-11-3-1-2-9-6-7-15(8-10(9)11)12(16)4-5-13(17)18/h1-3H,4-8H2,(H,17,18). The second kappa shape index (κ2) is 5.16. The third-order valence-corrected chi connectivity index (χ3v) is 3.12. The van der Waals surface area contributed by atoms with E-state index in [1.54, 1.807) is 6.07 Å². The minimum absolute atomic E-state index is 0.0287. The molecule has 1 aromatic carbocycles. The number of hydrogen-bond acceptors (Lipinski definition) is 2. The first kappa shape index (κ1) is 12.5. The molecule has 2 rings (SSSR count). The van der Waals surface area contributed by atoms with Gasteiger partial charge in [0, 0.05) is 25.1 Å². The van der Waals surface area contributed by atoms with Crippen molar-refractivity contribution in [3.05, 3.63) is 35.1 Å². The Morgan fingerprint density at radius 2 is 2.11 bits per heavy atom. The van der Waals surface area contributed by atoms with E-state index in [0.717, 1.165) is 5.56 Å². The van der Waals surface area contributed by atoms with Gasteiger partial charge in [-0.15, -0.1) is 0 Å². The molecule has 5 heteroatoms. The zero-order chi connectivity index (χ0) is 13.1. The molecule has 0 atom stereocenters. The molecule has 0 bridgehead atoms. The fourth-order valence-corrected chi connectivity index (χ4v) is 2.12. The molecule has 1 aliphatic heterocycles. The van der Waals surface area contributed by atoms with E-state index in [0.29, 0.717) is 18.5 Å². The van der Waals surface area contributed by atoms with E-state index in [1.807, 2.05) is 6.07 Å². The van der Waals surface area contributed by atoms with Crippen LogP contribution >= 0.6 is 0 Å². The Labute approximate surface area is 104 Å². The maximum absolute atomic E-state index is 13.6. The SMILES string of the molecule is O=C(O)CCC(=O)N1CCc2cccc(F)c2C1. The molecule has 0 spiro atoms. The number of aliphatic carboxylic acids is 1. The van der Waals surface area contributed by atoms with Gasteiger partial charge in [-0.3, -0.25) is 9.59 Å². The number of rotatable bonds is 3. The normalized spacial score (nSPS) is 14.2. The van der Waals surface area contributed by atoms with Crippen LogP contribution in [0.1, 0.15) is 24.0 Å². The quantitative estimate of drug-likeness (QED) is 0.887. The van der Waals surface area contributed by atoms with E-state index >= 15 is 0 Å². The summed E-state index contributed by atoms with van der Waals surface area (Å²) in [5, 5.41) is 8.53. The van der Waals surface area contributed by atoms with E-state index < -0.39 is 5.97 Å². The van der Waals surface area contributed by atoms with Gasteiger partial charge in [0.05, 0.1) is 6.42 Å². The van der Waals surface area contributed by atoms with E-state index in [2.05, 4.69) is 0 Å². The number of benzene rings is 1. The molecule has 4 nitrogen and oxygen atoms in total. The molecule has 0 radical (unpaired) electrons. The van der Waals surface area contributed by atoms with Crippen LogP contribution in [0.15, 0.2) is 18.2 Å². The van der Waals surface area contributed by atoms with Crippen molar-refractivity contribution < 1.29 is 19.1 Å². The molecule has 0 aliphatic carbocycles. The average molecular weight is 251 g/mol. The molecular formula is C13H14FNO3. The van der Waals surface area contributed by atoms with Crippen molar-refractivity contribution in [2.24, 2.45) is 0 Å². The first-order valence-corrected chi connectivity index (χ1v) is 5.84. The summed E-state index contributed by atoms with van der Waals surface area (Å²) >= 11 is 0. The molecule has 18 heavy (non-hydrogen) atoms. The summed E-state index contributed by atoms with van der Waals surface area (Å²) in [5.41, 5.74) is 1.48. The van der Waals surface area contributed by atoms with Crippen molar-refractivity contribution in [2.45, 2.75) is 25.8 Å². The van der Waals surface area contributed by atoms with Crippen LogP contribution < -0.4 is 0 Å². The number of carboxylic acid groups (broad SMARTS) is 1. The third-order valence-electron chi connectivity index (χ3n) is 3.12. The Hall–Kier alpha value is -1.91. The first-order valence-electron chi connectivity index (χ1n) is 5.84. The van der Waals surface area contributed by atoms with Gasteiger partial charge in [0.25, 0.3) is 0 Å². The van der Waals surface area contributed by atoms with Crippen LogP contribution in [0, 0.1) is 5.82 Å². The topological polar surface area (TPSA) is 57.6 Å². The van der Waals surface area contributed by atoms with Crippen molar-refractivity contribution >= 4 is 11.9 Å². The lowest BCUT2D eigenvalue weighted by molar-refractivity contribution is -0.141. The van der Waals surface area contributed by atoms with Gasteiger partial charge < -0.3 is 10.0 Å². The number of carbonyl (C=O) groups is 2. The molecule has 1 aliphatic rings. The summed E-state index contributed by atoms with van der Waals surface area (Å²) in [5.74, 6) is -1.53. The van der Waals surface area contributed by atoms with Gasteiger partial charge in [0.15, 0.2) is 0 Å². The van der Waals surface area contributed by atoms with Crippen molar-refractivity contribution in [2.75, 3.05) is 6.54 Å². The lowest BCUT2D eigenvalue weighted by Gasteiger charge is -2.29. The van der Waals surface area contributed by atoms with Gasteiger partial charge in [-0.05, 0) is 18.1 Å². The summed E-state index contributed by atoms with van der Waals surface area (Å²) in [6, 6.07) is 4.90. The van der Waals surface area contributed by atoms with Crippen molar-refractivity contribution in [3.63, 3.8) is 0 Å². The van der Waals surface area contributed by atoms with Gasteiger partial charge in [-0.25, -0.2) is 4.39 Å². The van der Waals surface area contributed by atoms with Crippen LogP contribution in [0.3, 0.4) is 0 Å². The number of halogens is 1. The maximum atomic E-state index is 13.6. The summed E-state index contributed by atoms with van der Waals surface area (Å²) in [6.45, 7) is 0.759. The summed E-state index contributed by atoms with van der Waals surface area (Å²) in [4.78, 5) is 23.7. The molecule has 1 heterocycles. The van der Waals surface area contributed by atoms with Gasteiger partial charge in [0.1, 0.15) is 5.82 Å². The van der Waals surface area contributed by atoms with Crippen LogP contribution in [0.25, 0.3) is 0 Å². The zero-order valence-corrected chi connectivity index (χ0v) is 9.86. The number of nitrogens with zero attached hydrogens (tertiary/aromatic N) is 1. The fraction of sp³-hybridized carbons (Fsp3) is 0.385. The van der Waals surface area contributed by atoms with E-state index in [9.17, 15) is 14.0 Å². The van der Waals surface area contributed by atoms with Crippen LogP contribution in [0.4, 0.5) is 4.39 Å². The molecule has 0 aromatic heterocycles. The molecule has 0 fully saturated rings. The highest BCUT2D eigenvalue weighted by molar-refractivity contribution is 5.80. The van der Waals surface area contributed by atoms with E-state index in [4.69, 9.17) is 5.11 Å². The highest BCUT2D eigenvalue weighted by Crippen LogP contribution is 2.22. The molecule has 1 N–H and O–H groups in total. The zero-order valence-electron chi connectivity index (χ0n) is 9.86. The van der Waals surface area contributed by atoms with Gasteiger partial charge in [-0.1, -0.05) is 12.1 Å². The van der Waals surface area contributed by atoms with Gasteiger partial charge >= 0.3 is 5.97 Å². The average Bonchev–Trinajstić information content (AvgIpc) is 2.36. The van der Waals surface area contributed by atoms with E-state index in [-0.39, 0.29) is 31.1 Å². The summed E-state index contributed by atoms with van der Waals surface area (Å²) in [7, 11) is 0. The van der Waals surface area contributed by atoms with Crippen molar-refractivity contribution in [1.82, 2.24) is 4.90 Å². The fourth-order valence-electron chi connectivity index (χ4n) is 2.12. The molecular weight excluding hydrogens is 237 g/mol. The first-order chi connectivity index (χ1) is 8.58. The van der Waals surface area contributed by atoms with Crippen molar-refractivity contribution in [1.29, 1.82) is 0 Å². The molecule has 96 valence electrons. The molecule has 0 saturated heterocycles. The highest BCUT2D eigenvalue weighted by atomic mass is 19.1. The second-order valence-electron chi connectivity index (χ2n) is 4.34. The van der Waals surface area contributed by atoms with Crippen LogP contribution in [-0.2, 0) is 22.6 Å². The predicted octanol–water partition coefficient (Wildman–Crippen LogP) is 1.58. The number of hydrogen-bond donors (Lipinski definition) is 1. The van der Waals surface area contributed by atoms with Crippen LogP contribution in [-0.4, -0.2) is 28.4 Å². The lowest BCUT2D eigenvalue weighted by atomic mass is 9.99. The summed E-state index contributed by atoms with van der Waals surface area (Å²) in [6.07, 6.45) is 0.407. The largest absolute Gasteiger partial charge is 0.481 e. The number of carboxylic acids is 1. The molecule has 0 saturated carbocycles. The Morgan fingerprint density at radius 1 is 1.33 bits per heavy atom. The lowest BCUT2D eigenvalue weighted by Crippen LogP contribution is -2.36. The second-order valence-corrected chi connectivity index (χ2v) is 4.34. The minimum atomic E-state index is -0.994. The Balaban J connectivity index is 2.05. The smallest absolute Gasteiger partial charge is 0.303 e. The number of amides is 1. The van der Waals surface area contributed by atoms with Gasteiger partial charge in [0.2, 0.25) is 5.91 Å². The van der Waals surface area contributed by atoms with E-state index in [1.165, 1.54) is 11.0 Å². The van der Waals surface area contributed by atoms with Gasteiger partial charge in [-0.2, -0.15) is 0 Å². The Morgan fingerprint density at radius 3 is 2.83 bits per heavy atom. The predicted molar refractivity (Wildman–Crippen MR) is 62.4 cm³/mol. The van der Waals surface area contributed by atoms with Crippen molar-refractivity contribution in [3.8, 4) is 0 Å². The number of carbonyl (C=O) groups excluding carboxylic acids is 1. The Kier molecular flexibility index (Phi) is 3.60. The molecule has 0 unspecified atom stereocenters. The number of fused-ring (bicyclic) bond motifs is 1. The molecule has 1 amide bonds. The minimum Gasteiger partial charge on any atom is -0.481 e. The van der Waals surface area contributed by atoms with Crippen LogP contribution in [0.5, 0.6) is 0 Å². The highest BCUT2D eigenvalue weighted by Gasteiger charge is 2.22.